The fourth-order valence-electron chi connectivity index (χ4n) is 4.17. The van der Waals surface area contributed by atoms with Gasteiger partial charge >= 0.3 is 6.03 Å². The number of carbonyl (C=O) groups is 1. The molecule has 1 heterocycles. The van der Waals surface area contributed by atoms with Crippen LogP contribution in [0.5, 0.6) is 11.5 Å². The van der Waals surface area contributed by atoms with Gasteiger partial charge in [0.05, 0.1) is 21.8 Å². The lowest BCUT2D eigenvalue weighted by Crippen LogP contribution is -2.52. The van der Waals surface area contributed by atoms with Crippen molar-refractivity contribution < 1.29 is 13.9 Å². The van der Waals surface area contributed by atoms with Crippen LogP contribution >= 0.6 is 11.6 Å². The van der Waals surface area contributed by atoms with Gasteiger partial charge in [-0.3, -0.25) is 0 Å². The highest BCUT2D eigenvalue weighted by molar-refractivity contribution is 6.34. The van der Waals surface area contributed by atoms with Gasteiger partial charge in [0.25, 0.3) is 0 Å². The minimum Gasteiger partial charge on any atom is -0.456 e. The Morgan fingerprint density at radius 3 is 2.62 bits per heavy atom. The highest BCUT2D eigenvalue weighted by Gasteiger charge is 2.43. The molecule has 7 nitrogen and oxygen atoms in total. The Morgan fingerprint density at radius 2 is 1.90 bits per heavy atom. The van der Waals surface area contributed by atoms with E-state index in [9.17, 15) is 9.18 Å². The third-order valence-corrected chi connectivity index (χ3v) is 5.78. The third kappa shape index (κ3) is 3.44. The minimum atomic E-state index is -0.580. The maximum absolute atomic E-state index is 13.8. The number of rotatable bonds is 3. The van der Waals surface area contributed by atoms with Crippen molar-refractivity contribution in [2.24, 2.45) is 16.7 Å². The molecule has 29 heavy (non-hydrogen) atoms. The minimum absolute atomic E-state index is 0.0545. The molecule has 0 atom stereocenters. The predicted octanol–water partition coefficient (Wildman–Crippen LogP) is 4.14. The molecular weight excluding hydrogens is 397 g/mol. The number of fused-ring (bicyclic) bond motifs is 2. The van der Waals surface area contributed by atoms with Crippen LogP contribution in [-0.2, 0) is 5.54 Å². The lowest BCUT2D eigenvalue weighted by atomic mass is 9.74. The maximum atomic E-state index is 13.8. The van der Waals surface area contributed by atoms with Crippen LogP contribution in [0.25, 0.3) is 0 Å². The summed E-state index contributed by atoms with van der Waals surface area (Å²) in [6.45, 7) is 0. The zero-order valence-corrected chi connectivity index (χ0v) is 16.4. The van der Waals surface area contributed by atoms with Crippen LogP contribution in [0, 0.1) is 5.82 Å². The lowest BCUT2D eigenvalue weighted by molar-refractivity contribution is 0.206. The third-order valence-electron chi connectivity index (χ3n) is 5.47. The molecule has 2 aliphatic rings. The van der Waals surface area contributed by atoms with Crippen molar-refractivity contribution in [2.75, 3.05) is 5.32 Å². The first-order valence-electron chi connectivity index (χ1n) is 9.37. The molecule has 1 aliphatic carbocycles. The van der Waals surface area contributed by atoms with Gasteiger partial charge in [0, 0.05) is 5.56 Å². The number of nitrogens with two attached hydrogens (primary N) is 2. The number of urea groups is 1. The summed E-state index contributed by atoms with van der Waals surface area (Å²) < 4.78 is 19.9. The molecule has 2 amide bonds. The molecule has 1 spiro atoms. The second kappa shape index (κ2) is 7.44. The second-order valence-electron chi connectivity index (χ2n) is 7.27. The Kier molecular flexibility index (Phi) is 4.96. The number of anilines is 1. The summed E-state index contributed by atoms with van der Waals surface area (Å²) in [5.41, 5.74) is 6.79. The summed E-state index contributed by atoms with van der Waals surface area (Å²) in [5, 5.41) is 9.75. The first kappa shape index (κ1) is 19.3. The van der Waals surface area contributed by atoms with Crippen LogP contribution in [0.4, 0.5) is 14.9 Å². The van der Waals surface area contributed by atoms with E-state index < -0.39 is 11.4 Å². The number of hydrogen-bond donors (Lipinski definition) is 4. The second-order valence-corrected chi connectivity index (χ2v) is 7.68. The van der Waals surface area contributed by atoms with Crippen molar-refractivity contribution in [3.8, 4) is 11.5 Å². The average Bonchev–Trinajstić information content (AvgIpc) is 2.71. The number of halogens is 2. The van der Waals surface area contributed by atoms with Crippen molar-refractivity contribution >= 4 is 29.2 Å². The summed E-state index contributed by atoms with van der Waals surface area (Å²) in [6, 6.07) is 7.04. The van der Waals surface area contributed by atoms with Crippen LogP contribution in [0.2, 0.25) is 5.02 Å². The highest BCUT2D eigenvalue weighted by atomic mass is 35.5. The van der Waals surface area contributed by atoms with E-state index in [-0.39, 0.29) is 17.4 Å². The van der Waals surface area contributed by atoms with E-state index >= 15 is 0 Å². The quantitative estimate of drug-likeness (QED) is 0.260. The fourth-order valence-corrected chi connectivity index (χ4v) is 4.38. The Hall–Kier alpha value is -3.00. The Balaban J connectivity index is 1.86. The van der Waals surface area contributed by atoms with Gasteiger partial charge in [0.2, 0.25) is 0 Å². The van der Waals surface area contributed by atoms with Crippen LogP contribution < -0.4 is 26.9 Å². The molecule has 0 bridgehead atoms. The number of carbonyl (C=O) groups excluding carboxylic acids is 1. The highest BCUT2D eigenvalue weighted by Crippen LogP contribution is 2.50. The van der Waals surface area contributed by atoms with E-state index in [4.69, 9.17) is 27.9 Å². The first-order chi connectivity index (χ1) is 13.9. The number of hydrogen-bond acceptors (Lipinski definition) is 4. The topological polar surface area (TPSA) is 115 Å². The van der Waals surface area contributed by atoms with E-state index in [0.29, 0.717) is 22.2 Å². The molecule has 152 valence electrons. The van der Waals surface area contributed by atoms with Gasteiger partial charge < -0.3 is 26.9 Å². The number of amidine groups is 1. The van der Waals surface area contributed by atoms with Gasteiger partial charge in [-0.25, -0.2) is 9.18 Å². The Morgan fingerprint density at radius 1 is 1.17 bits per heavy atom. The zero-order chi connectivity index (χ0) is 20.6. The van der Waals surface area contributed by atoms with E-state index in [0.717, 1.165) is 37.7 Å². The number of nitrogens with zero attached hydrogens (tertiary/aromatic N) is 1. The predicted molar refractivity (Wildman–Crippen MR) is 110 cm³/mol. The van der Waals surface area contributed by atoms with E-state index in [1.165, 1.54) is 18.2 Å². The van der Waals surface area contributed by atoms with E-state index in [1.54, 1.807) is 12.1 Å². The van der Waals surface area contributed by atoms with Gasteiger partial charge in [-0.15, -0.1) is 0 Å². The SMILES string of the molecule is N/N=C(\N)c1cc(F)ccc1Oc1ccc(Cl)c2c1C1(CCCCC1)NC(=O)N2. The molecule has 0 radical (unpaired) electrons. The van der Waals surface area contributed by atoms with Crippen LogP contribution in [0.15, 0.2) is 35.4 Å². The summed E-state index contributed by atoms with van der Waals surface area (Å²) in [6.07, 6.45) is 4.59. The molecule has 0 aromatic heterocycles. The van der Waals surface area contributed by atoms with Crippen molar-refractivity contribution in [3.63, 3.8) is 0 Å². The lowest BCUT2D eigenvalue weighted by Gasteiger charge is -2.43. The molecule has 1 aliphatic heterocycles. The van der Waals surface area contributed by atoms with Crippen LogP contribution in [-0.4, -0.2) is 11.9 Å². The standard InChI is InChI=1S/C20H21ClFN5O2/c21-13-5-7-15(29-14-6-4-11(22)10-12(14)18(23)27-24)16-17(13)25-19(28)26-20(16)8-2-1-3-9-20/h4-7,10H,1-3,8-9,24H2,(H2,23,27)(H2,25,26,28). The first-order valence-corrected chi connectivity index (χ1v) is 9.74. The van der Waals surface area contributed by atoms with Gasteiger partial charge in [-0.05, 0) is 43.2 Å². The Bertz CT molecular complexity index is 1000. The smallest absolute Gasteiger partial charge is 0.319 e. The number of benzene rings is 2. The summed E-state index contributed by atoms with van der Waals surface area (Å²) in [4.78, 5) is 12.3. The van der Waals surface area contributed by atoms with Crippen molar-refractivity contribution in [2.45, 2.75) is 37.6 Å². The number of ether oxygens (including phenoxy) is 1. The molecule has 0 saturated heterocycles. The summed E-state index contributed by atoms with van der Waals surface area (Å²) >= 11 is 6.41. The molecular formula is C20H21ClFN5O2. The van der Waals surface area contributed by atoms with E-state index in [1.807, 2.05) is 0 Å². The van der Waals surface area contributed by atoms with Gasteiger partial charge in [0.15, 0.2) is 5.84 Å². The fraction of sp³-hybridized carbons (Fsp3) is 0.300. The van der Waals surface area contributed by atoms with Crippen molar-refractivity contribution in [1.82, 2.24) is 5.32 Å². The molecule has 0 unspecified atom stereocenters. The Labute approximate surface area is 172 Å². The summed E-state index contributed by atoms with van der Waals surface area (Å²) in [5.74, 6) is 5.53. The average molecular weight is 418 g/mol. The van der Waals surface area contributed by atoms with E-state index in [2.05, 4.69) is 15.7 Å². The molecule has 1 saturated carbocycles. The van der Waals surface area contributed by atoms with Gasteiger partial charge in [-0.1, -0.05) is 30.9 Å². The van der Waals surface area contributed by atoms with Gasteiger partial charge in [0.1, 0.15) is 17.3 Å². The molecule has 2 aromatic carbocycles. The van der Waals surface area contributed by atoms with Gasteiger partial charge in [-0.2, -0.15) is 5.10 Å². The normalized spacial score (nSPS) is 18.0. The zero-order valence-electron chi connectivity index (χ0n) is 15.6. The molecule has 2 aromatic rings. The molecule has 1 fully saturated rings. The van der Waals surface area contributed by atoms with Crippen molar-refractivity contribution in [3.05, 3.63) is 52.3 Å². The molecule has 6 N–H and O–H groups in total. The molecule has 9 heteroatoms. The van der Waals surface area contributed by atoms with Crippen molar-refractivity contribution in [1.29, 1.82) is 0 Å². The largest absolute Gasteiger partial charge is 0.456 e. The number of hydrazone groups is 1. The number of amides is 2. The monoisotopic (exact) mass is 417 g/mol. The van der Waals surface area contributed by atoms with Crippen LogP contribution in [0.1, 0.15) is 43.2 Å². The maximum Gasteiger partial charge on any atom is 0.319 e. The van der Waals surface area contributed by atoms with Crippen LogP contribution in [0.3, 0.4) is 0 Å². The number of nitrogens with one attached hydrogen (secondary N) is 2. The molecule has 4 rings (SSSR count). The summed E-state index contributed by atoms with van der Waals surface area (Å²) in [7, 11) is 0.